The van der Waals surface area contributed by atoms with Crippen LogP contribution >= 0.6 is 0 Å². The number of hydrogen-bond acceptors (Lipinski definition) is 3. The van der Waals surface area contributed by atoms with Crippen LogP contribution in [-0.2, 0) is 16.0 Å². The Balaban J connectivity index is 1.64. The number of nitrogens with zero attached hydrogens (tertiary/aromatic N) is 2. The van der Waals surface area contributed by atoms with Crippen molar-refractivity contribution in [3.63, 3.8) is 0 Å². The number of fused-ring (bicyclic) bond motifs is 1. The molecule has 25 heavy (non-hydrogen) atoms. The normalized spacial score (nSPS) is 16.6. The van der Waals surface area contributed by atoms with E-state index in [1.165, 1.54) is 0 Å². The third-order valence-corrected chi connectivity index (χ3v) is 4.74. The lowest BCUT2D eigenvalue weighted by molar-refractivity contribution is -0.122. The minimum absolute atomic E-state index is 0.00502. The van der Waals surface area contributed by atoms with Gasteiger partial charge in [0.1, 0.15) is 12.3 Å². The minimum Gasteiger partial charge on any atom is -0.496 e. The van der Waals surface area contributed by atoms with Gasteiger partial charge in [-0.1, -0.05) is 30.3 Å². The molecule has 1 saturated carbocycles. The smallest absolute Gasteiger partial charge is 0.247 e. The second-order valence-corrected chi connectivity index (χ2v) is 6.45. The summed E-state index contributed by atoms with van der Waals surface area (Å²) in [4.78, 5) is 29.0. The number of benzene rings is 2. The van der Waals surface area contributed by atoms with Crippen LogP contribution in [0.2, 0.25) is 0 Å². The van der Waals surface area contributed by atoms with Crippen molar-refractivity contribution in [2.75, 3.05) is 23.5 Å². The number of anilines is 2. The van der Waals surface area contributed by atoms with E-state index in [4.69, 9.17) is 4.74 Å². The van der Waals surface area contributed by atoms with Gasteiger partial charge in [0.15, 0.2) is 0 Å². The first-order valence-corrected chi connectivity index (χ1v) is 8.52. The highest BCUT2D eigenvalue weighted by Gasteiger charge is 2.40. The van der Waals surface area contributed by atoms with Crippen molar-refractivity contribution in [2.24, 2.45) is 0 Å². The van der Waals surface area contributed by atoms with E-state index in [0.29, 0.717) is 11.8 Å². The Morgan fingerprint density at radius 1 is 1.08 bits per heavy atom. The van der Waals surface area contributed by atoms with Gasteiger partial charge in [-0.3, -0.25) is 9.59 Å². The monoisotopic (exact) mass is 336 g/mol. The molecule has 0 aromatic heterocycles. The topological polar surface area (TPSA) is 49.9 Å². The zero-order chi connectivity index (χ0) is 17.4. The molecule has 2 aromatic carbocycles. The van der Waals surface area contributed by atoms with Crippen LogP contribution in [0.3, 0.4) is 0 Å². The molecule has 128 valence electrons. The largest absolute Gasteiger partial charge is 0.496 e. The lowest BCUT2D eigenvalue weighted by Crippen LogP contribution is -2.49. The van der Waals surface area contributed by atoms with Crippen LogP contribution in [0.1, 0.15) is 18.4 Å². The molecular formula is C20H20N2O3. The van der Waals surface area contributed by atoms with Gasteiger partial charge in [-0.05, 0) is 31.0 Å². The van der Waals surface area contributed by atoms with E-state index in [2.05, 4.69) is 0 Å². The maximum absolute atomic E-state index is 12.9. The van der Waals surface area contributed by atoms with Crippen LogP contribution in [0.15, 0.2) is 48.5 Å². The van der Waals surface area contributed by atoms with E-state index in [0.717, 1.165) is 29.8 Å². The van der Waals surface area contributed by atoms with Crippen LogP contribution in [0, 0.1) is 0 Å². The predicted molar refractivity (Wildman–Crippen MR) is 96.0 cm³/mol. The molecule has 4 rings (SSSR count). The third kappa shape index (κ3) is 2.86. The summed E-state index contributed by atoms with van der Waals surface area (Å²) in [6, 6.07) is 15.4. The maximum Gasteiger partial charge on any atom is 0.247 e. The quantitative estimate of drug-likeness (QED) is 0.863. The lowest BCUT2D eigenvalue weighted by Gasteiger charge is -2.36. The zero-order valence-electron chi connectivity index (χ0n) is 14.1. The number of ether oxygens (including phenoxy) is 1. The van der Waals surface area contributed by atoms with Crippen molar-refractivity contribution in [3.05, 3.63) is 54.1 Å². The zero-order valence-corrected chi connectivity index (χ0v) is 14.1. The minimum atomic E-state index is -0.0965. The molecule has 0 bridgehead atoms. The second-order valence-electron chi connectivity index (χ2n) is 6.45. The lowest BCUT2D eigenvalue weighted by atomic mass is 10.1. The van der Waals surface area contributed by atoms with Gasteiger partial charge >= 0.3 is 0 Å². The SMILES string of the molecule is COc1ccccc1CC(=O)N1CC(=O)N(C2CC2)c2ccccc21. The molecule has 0 N–H and O–H groups in total. The first-order chi connectivity index (χ1) is 12.2. The summed E-state index contributed by atoms with van der Waals surface area (Å²) in [5.74, 6) is 0.586. The number of carbonyl (C=O) groups excluding carboxylic acids is 2. The number of rotatable bonds is 4. The molecule has 1 aliphatic carbocycles. The third-order valence-electron chi connectivity index (χ3n) is 4.74. The molecule has 0 atom stereocenters. The average molecular weight is 336 g/mol. The first kappa shape index (κ1) is 15.7. The molecule has 0 radical (unpaired) electrons. The molecular weight excluding hydrogens is 316 g/mol. The average Bonchev–Trinajstić information content (AvgIpc) is 3.46. The molecule has 1 aliphatic heterocycles. The van der Waals surface area contributed by atoms with Crippen LogP contribution in [0.5, 0.6) is 5.75 Å². The van der Waals surface area contributed by atoms with Gasteiger partial charge in [0, 0.05) is 11.6 Å². The first-order valence-electron chi connectivity index (χ1n) is 8.52. The van der Waals surface area contributed by atoms with Crippen LogP contribution in [0.25, 0.3) is 0 Å². The summed E-state index contributed by atoms with van der Waals surface area (Å²) < 4.78 is 5.34. The van der Waals surface area contributed by atoms with Crippen LogP contribution < -0.4 is 14.5 Å². The van der Waals surface area contributed by atoms with Crippen molar-refractivity contribution in [1.29, 1.82) is 0 Å². The molecule has 0 unspecified atom stereocenters. The Kier molecular flexibility index (Phi) is 3.92. The number of methoxy groups -OCH3 is 1. The fraction of sp³-hybridized carbons (Fsp3) is 0.300. The Morgan fingerprint density at radius 2 is 1.76 bits per heavy atom. The van der Waals surface area contributed by atoms with Crippen molar-refractivity contribution >= 4 is 23.2 Å². The molecule has 1 heterocycles. The molecule has 0 saturated heterocycles. The molecule has 5 nitrogen and oxygen atoms in total. The molecule has 5 heteroatoms. The van der Waals surface area contributed by atoms with Crippen molar-refractivity contribution < 1.29 is 14.3 Å². The van der Waals surface area contributed by atoms with E-state index < -0.39 is 0 Å². The molecule has 2 aromatic rings. The van der Waals surface area contributed by atoms with Gasteiger partial charge in [0.05, 0.1) is 24.9 Å². The van der Waals surface area contributed by atoms with Gasteiger partial charge in [0.25, 0.3) is 0 Å². The highest BCUT2D eigenvalue weighted by atomic mass is 16.5. The fourth-order valence-electron chi connectivity index (χ4n) is 3.39. The fourth-order valence-corrected chi connectivity index (χ4v) is 3.39. The van der Waals surface area contributed by atoms with Crippen molar-refractivity contribution in [2.45, 2.75) is 25.3 Å². The maximum atomic E-state index is 12.9. The molecule has 2 aliphatic rings. The molecule has 2 amide bonds. The van der Waals surface area contributed by atoms with Gasteiger partial charge < -0.3 is 14.5 Å². The summed E-state index contributed by atoms with van der Waals surface area (Å²) in [6.07, 6.45) is 2.28. The predicted octanol–water partition coefficient (Wildman–Crippen LogP) is 2.78. The van der Waals surface area contributed by atoms with Crippen LogP contribution in [-0.4, -0.2) is 31.5 Å². The van der Waals surface area contributed by atoms with Crippen molar-refractivity contribution in [1.82, 2.24) is 0 Å². The number of para-hydroxylation sites is 3. The highest BCUT2D eigenvalue weighted by Crippen LogP contribution is 2.40. The second kappa shape index (κ2) is 6.24. The Bertz CT molecular complexity index is 829. The van der Waals surface area contributed by atoms with E-state index in [-0.39, 0.29) is 24.8 Å². The summed E-state index contributed by atoms with van der Waals surface area (Å²) in [5, 5.41) is 0. The number of hydrogen-bond donors (Lipinski definition) is 0. The van der Waals surface area contributed by atoms with E-state index in [9.17, 15) is 9.59 Å². The molecule has 0 spiro atoms. The van der Waals surface area contributed by atoms with Gasteiger partial charge in [-0.2, -0.15) is 0 Å². The van der Waals surface area contributed by atoms with Gasteiger partial charge in [0.2, 0.25) is 11.8 Å². The van der Waals surface area contributed by atoms with Gasteiger partial charge in [-0.25, -0.2) is 0 Å². The number of amides is 2. The summed E-state index contributed by atoms with van der Waals surface area (Å²) in [6.45, 7) is 0.0987. The number of carbonyl (C=O) groups is 2. The Morgan fingerprint density at radius 3 is 2.48 bits per heavy atom. The summed E-state index contributed by atoms with van der Waals surface area (Å²) in [7, 11) is 1.59. The highest BCUT2D eigenvalue weighted by molar-refractivity contribution is 6.12. The summed E-state index contributed by atoms with van der Waals surface area (Å²) in [5.41, 5.74) is 2.48. The summed E-state index contributed by atoms with van der Waals surface area (Å²) >= 11 is 0. The molecule has 1 fully saturated rings. The van der Waals surface area contributed by atoms with Crippen molar-refractivity contribution in [3.8, 4) is 5.75 Å². The van der Waals surface area contributed by atoms with E-state index in [1.807, 2.05) is 53.4 Å². The van der Waals surface area contributed by atoms with E-state index in [1.54, 1.807) is 12.0 Å². The van der Waals surface area contributed by atoms with Crippen LogP contribution in [0.4, 0.5) is 11.4 Å². The van der Waals surface area contributed by atoms with Gasteiger partial charge in [-0.15, -0.1) is 0 Å². The Hall–Kier alpha value is -2.82. The standard InChI is InChI=1S/C20H20N2O3/c1-25-18-9-5-2-6-14(18)12-19(23)21-13-20(24)22(15-10-11-15)17-8-4-3-7-16(17)21/h2-9,15H,10-13H2,1H3. The van der Waals surface area contributed by atoms with E-state index >= 15 is 0 Å². The Labute approximate surface area is 146 Å².